The number of likely N-dealkylation sites (N-methyl/N-ethyl adjacent to an activating group) is 1. The van der Waals surface area contributed by atoms with Crippen LogP contribution in [0, 0.1) is 0 Å². The first-order valence-corrected chi connectivity index (χ1v) is 11.5. The SMILES string of the molecule is CN(CCO)c1c(-c2cnc3[nH]c(=O)n(C[C@H]4COCCO4)c3c2)cnc2[nH]ccc12.O=C(O)C(F)(F)F. The minimum atomic E-state index is -5.08. The first kappa shape index (κ1) is 27.1. The van der Waals surface area contributed by atoms with E-state index in [9.17, 15) is 23.1 Å². The largest absolute Gasteiger partial charge is 0.490 e. The van der Waals surface area contributed by atoms with Gasteiger partial charge in [-0.15, -0.1) is 0 Å². The van der Waals surface area contributed by atoms with Crippen molar-refractivity contribution >= 4 is 33.9 Å². The van der Waals surface area contributed by atoms with Crippen LogP contribution in [0.15, 0.2) is 35.5 Å². The molecule has 4 N–H and O–H groups in total. The number of carboxylic acids is 1. The highest BCUT2D eigenvalue weighted by atomic mass is 19.4. The summed E-state index contributed by atoms with van der Waals surface area (Å²) in [6.07, 6.45) is 0.0975. The van der Waals surface area contributed by atoms with Gasteiger partial charge in [0.1, 0.15) is 5.65 Å². The molecule has 0 bridgehead atoms. The highest BCUT2D eigenvalue weighted by Gasteiger charge is 2.38. The molecule has 1 atom stereocenters. The zero-order chi connectivity index (χ0) is 27.4. The summed E-state index contributed by atoms with van der Waals surface area (Å²) in [5, 5.41) is 17.6. The average Bonchev–Trinajstić information content (AvgIpc) is 3.48. The normalized spacial score (nSPS) is 15.9. The van der Waals surface area contributed by atoms with Gasteiger partial charge < -0.3 is 29.6 Å². The Hall–Kier alpha value is -3.95. The number of alkyl halides is 3. The average molecular weight is 538 g/mol. The summed E-state index contributed by atoms with van der Waals surface area (Å²) in [5.41, 5.74) is 4.39. The van der Waals surface area contributed by atoms with Crippen LogP contribution >= 0.6 is 0 Å². The number of anilines is 1. The molecule has 4 aromatic rings. The van der Waals surface area contributed by atoms with Crippen LogP contribution in [0.3, 0.4) is 0 Å². The summed E-state index contributed by atoms with van der Waals surface area (Å²) >= 11 is 0. The smallest absolute Gasteiger partial charge is 0.475 e. The number of aliphatic carboxylic acids is 1. The van der Waals surface area contributed by atoms with E-state index in [-0.39, 0.29) is 18.4 Å². The van der Waals surface area contributed by atoms with Crippen LogP contribution in [0.5, 0.6) is 0 Å². The van der Waals surface area contributed by atoms with Crippen molar-refractivity contribution in [3.63, 3.8) is 0 Å². The summed E-state index contributed by atoms with van der Waals surface area (Å²) < 4.78 is 44.6. The number of ether oxygens (including phenoxy) is 2. The van der Waals surface area contributed by atoms with Gasteiger partial charge >= 0.3 is 17.8 Å². The van der Waals surface area contributed by atoms with E-state index < -0.39 is 12.1 Å². The fourth-order valence-corrected chi connectivity index (χ4v) is 4.09. The monoisotopic (exact) mass is 538 g/mol. The molecule has 1 aliphatic heterocycles. The first-order valence-electron chi connectivity index (χ1n) is 11.5. The number of aromatic amines is 2. The quantitative estimate of drug-likeness (QED) is 0.287. The number of aromatic nitrogens is 5. The predicted molar refractivity (Wildman–Crippen MR) is 130 cm³/mol. The molecule has 1 fully saturated rings. The van der Waals surface area contributed by atoms with Gasteiger partial charge in [-0.1, -0.05) is 0 Å². The molecule has 0 amide bonds. The van der Waals surface area contributed by atoms with Crippen LogP contribution in [0.25, 0.3) is 33.3 Å². The Morgan fingerprint density at radius 2 is 2.00 bits per heavy atom. The summed E-state index contributed by atoms with van der Waals surface area (Å²) in [5.74, 6) is -2.76. The van der Waals surface area contributed by atoms with Gasteiger partial charge in [-0.25, -0.2) is 19.6 Å². The molecular weight excluding hydrogens is 513 g/mol. The minimum Gasteiger partial charge on any atom is -0.475 e. The Bertz CT molecular complexity index is 1470. The van der Waals surface area contributed by atoms with E-state index >= 15 is 0 Å². The lowest BCUT2D eigenvalue weighted by atomic mass is 10.0. The van der Waals surface area contributed by atoms with Crippen LogP contribution in [0.1, 0.15) is 0 Å². The van der Waals surface area contributed by atoms with Crippen molar-refractivity contribution in [2.24, 2.45) is 0 Å². The van der Waals surface area contributed by atoms with E-state index in [1.165, 1.54) is 0 Å². The molecule has 15 heteroatoms. The van der Waals surface area contributed by atoms with Gasteiger partial charge in [-0.3, -0.25) is 9.55 Å². The minimum absolute atomic E-state index is 0.0300. The number of carboxylic acid groups (broad SMARTS) is 1. The Morgan fingerprint density at radius 1 is 1.26 bits per heavy atom. The maximum Gasteiger partial charge on any atom is 0.490 e. The number of fused-ring (bicyclic) bond motifs is 2. The molecule has 12 nitrogen and oxygen atoms in total. The number of aliphatic hydroxyl groups excluding tert-OH is 1. The summed E-state index contributed by atoms with van der Waals surface area (Å²) in [7, 11) is 1.93. The molecule has 5 rings (SSSR count). The number of carbonyl (C=O) groups is 1. The first-order chi connectivity index (χ1) is 18.1. The summed E-state index contributed by atoms with van der Waals surface area (Å²) in [6, 6.07) is 3.91. The molecule has 0 aliphatic carbocycles. The fraction of sp³-hybridized carbons (Fsp3) is 0.391. The Kier molecular flexibility index (Phi) is 7.99. The van der Waals surface area contributed by atoms with Crippen LogP contribution in [0.4, 0.5) is 18.9 Å². The molecule has 38 heavy (non-hydrogen) atoms. The van der Waals surface area contributed by atoms with Gasteiger partial charge in [0.15, 0.2) is 5.65 Å². The van der Waals surface area contributed by atoms with Gasteiger partial charge in [0.25, 0.3) is 0 Å². The van der Waals surface area contributed by atoms with Crippen molar-refractivity contribution in [2.45, 2.75) is 18.8 Å². The number of hydrogen-bond donors (Lipinski definition) is 4. The number of rotatable bonds is 6. The molecule has 1 aliphatic rings. The van der Waals surface area contributed by atoms with Crippen molar-refractivity contribution in [1.29, 1.82) is 0 Å². The number of imidazole rings is 1. The lowest BCUT2D eigenvalue weighted by Crippen LogP contribution is -2.34. The van der Waals surface area contributed by atoms with E-state index in [4.69, 9.17) is 19.4 Å². The van der Waals surface area contributed by atoms with E-state index in [1.807, 2.05) is 30.3 Å². The zero-order valence-electron chi connectivity index (χ0n) is 20.2. The van der Waals surface area contributed by atoms with Gasteiger partial charge in [0, 0.05) is 48.7 Å². The predicted octanol–water partition coefficient (Wildman–Crippen LogP) is 1.75. The third-order valence-electron chi connectivity index (χ3n) is 5.83. The van der Waals surface area contributed by atoms with E-state index in [2.05, 4.69) is 19.9 Å². The second kappa shape index (κ2) is 11.2. The van der Waals surface area contributed by atoms with Crippen LogP contribution in [-0.2, 0) is 20.8 Å². The lowest BCUT2D eigenvalue weighted by molar-refractivity contribution is -0.192. The highest BCUT2D eigenvalue weighted by molar-refractivity contribution is 5.99. The molecule has 204 valence electrons. The molecule has 0 spiro atoms. The van der Waals surface area contributed by atoms with Crippen molar-refractivity contribution in [1.82, 2.24) is 24.5 Å². The zero-order valence-corrected chi connectivity index (χ0v) is 20.2. The molecule has 5 heterocycles. The number of pyridine rings is 2. The Balaban J connectivity index is 0.000000426. The van der Waals surface area contributed by atoms with Crippen molar-refractivity contribution < 1.29 is 37.7 Å². The van der Waals surface area contributed by atoms with Crippen molar-refractivity contribution in [2.75, 3.05) is 44.9 Å². The number of aliphatic hydroxyl groups is 1. The Morgan fingerprint density at radius 3 is 2.66 bits per heavy atom. The molecule has 0 saturated carbocycles. The van der Waals surface area contributed by atoms with Gasteiger partial charge in [0.2, 0.25) is 0 Å². The number of H-pyrrole nitrogens is 2. The molecular formula is C23H25F3N6O6. The maximum atomic E-state index is 12.6. The molecule has 4 aromatic heterocycles. The third kappa shape index (κ3) is 5.79. The maximum absolute atomic E-state index is 12.6. The summed E-state index contributed by atoms with van der Waals surface area (Å²) in [4.78, 5) is 38.4. The Labute approximate surface area is 212 Å². The number of nitrogens with zero attached hydrogens (tertiary/aromatic N) is 4. The van der Waals surface area contributed by atoms with Crippen molar-refractivity contribution in [3.8, 4) is 11.1 Å². The molecule has 0 unspecified atom stereocenters. The van der Waals surface area contributed by atoms with Crippen molar-refractivity contribution in [3.05, 3.63) is 41.2 Å². The topological polar surface area (TPSA) is 159 Å². The highest BCUT2D eigenvalue weighted by Crippen LogP contribution is 2.36. The van der Waals surface area contributed by atoms with E-state index in [0.717, 1.165) is 27.8 Å². The molecule has 1 saturated heterocycles. The fourth-order valence-electron chi connectivity index (χ4n) is 4.09. The number of halogens is 3. The molecule has 0 aromatic carbocycles. The standard InChI is InChI=1S/C21H24N6O4.C2HF3O2/c1-26(4-5-28)18-15-2-3-22-19(15)24-10-16(18)13-8-17-20(23-9-13)25-21(29)27(17)11-14-12-30-6-7-31-14;3-2(4,5)1(6)7/h2-3,8-10,14,28H,4-7,11-12H2,1H3,(H,22,24)(H,23,25,29);(H,6,7)/t14-;/m0./s1. The van der Waals surface area contributed by atoms with E-state index in [1.54, 1.807) is 17.0 Å². The third-order valence-corrected chi connectivity index (χ3v) is 5.83. The number of nitrogens with one attached hydrogen (secondary N) is 2. The van der Waals surface area contributed by atoms with Crippen LogP contribution in [0.2, 0.25) is 0 Å². The lowest BCUT2D eigenvalue weighted by Gasteiger charge is -2.23. The van der Waals surface area contributed by atoms with Crippen LogP contribution < -0.4 is 10.6 Å². The van der Waals surface area contributed by atoms with E-state index in [0.29, 0.717) is 44.1 Å². The second-order valence-electron chi connectivity index (χ2n) is 8.41. The van der Waals surface area contributed by atoms with Crippen LogP contribution in [-0.4, -0.2) is 93.0 Å². The van der Waals surface area contributed by atoms with Gasteiger partial charge in [-0.05, 0) is 12.1 Å². The summed E-state index contributed by atoms with van der Waals surface area (Å²) in [6.45, 7) is 2.44. The number of hydrogen-bond acceptors (Lipinski definition) is 8. The molecule has 0 radical (unpaired) electrons. The van der Waals surface area contributed by atoms with Gasteiger partial charge in [0.05, 0.1) is 50.3 Å². The second-order valence-corrected chi connectivity index (χ2v) is 8.41. The van der Waals surface area contributed by atoms with Gasteiger partial charge in [-0.2, -0.15) is 13.2 Å².